The van der Waals surface area contributed by atoms with Crippen LogP contribution in [0.5, 0.6) is 0 Å². The third-order valence-corrected chi connectivity index (χ3v) is 5.89. The molecule has 6 nitrogen and oxygen atoms in total. The van der Waals surface area contributed by atoms with Crippen LogP contribution in [0.4, 0.5) is 5.82 Å². The van der Waals surface area contributed by atoms with Gasteiger partial charge in [-0.25, -0.2) is 9.97 Å². The quantitative estimate of drug-likeness (QED) is 0.682. The van der Waals surface area contributed by atoms with Crippen LogP contribution in [0, 0.1) is 5.92 Å². The molecule has 4 heterocycles. The molecule has 3 aromatic heterocycles. The molecule has 1 aliphatic heterocycles. The van der Waals surface area contributed by atoms with E-state index in [1.807, 2.05) is 23.5 Å². The largest absolute Gasteiger partial charge is 0.368 e. The lowest BCUT2D eigenvalue weighted by atomic mass is 10.0. The van der Waals surface area contributed by atoms with E-state index < -0.39 is 0 Å². The summed E-state index contributed by atoms with van der Waals surface area (Å²) in [5, 5.41) is 4.61. The highest BCUT2D eigenvalue weighted by Crippen LogP contribution is 2.38. The van der Waals surface area contributed by atoms with Crippen molar-refractivity contribution >= 4 is 27.4 Å². The minimum absolute atomic E-state index is 0.574. The number of thiophene rings is 1. The highest BCUT2D eigenvalue weighted by atomic mass is 32.1. The van der Waals surface area contributed by atoms with Crippen molar-refractivity contribution in [3.05, 3.63) is 35.0 Å². The molecule has 3 aromatic rings. The number of hydrogen-bond donors (Lipinski definition) is 2. The van der Waals surface area contributed by atoms with Gasteiger partial charge in [0.25, 0.3) is 0 Å². The molecular weight excluding hydrogens is 356 g/mol. The summed E-state index contributed by atoms with van der Waals surface area (Å²) >= 11 is 1.81. The predicted octanol–water partition coefficient (Wildman–Crippen LogP) is 3.14. The SMILES string of the molecule is CC(C)CN1CCc2c(sc3nc(-c4ccncc4)nc(NCCN)c23)C1. The van der Waals surface area contributed by atoms with Crippen molar-refractivity contribution in [1.29, 1.82) is 0 Å². The normalized spacial score (nSPS) is 14.7. The Kier molecular flexibility index (Phi) is 5.33. The van der Waals surface area contributed by atoms with Crippen LogP contribution in [-0.4, -0.2) is 46.0 Å². The van der Waals surface area contributed by atoms with Gasteiger partial charge in [-0.2, -0.15) is 0 Å². The van der Waals surface area contributed by atoms with Crippen LogP contribution in [0.15, 0.2) is 24.5 Å². The van der Waals surface area contributed by atoms with Gasteiger partial charge in [-0.05, 0) is 30.0 Å². The van der Waals surface area contributed by atoms with Gasteiger partial charge in [0.2, 0.25) is 0 Å². The maximum atomic E-state index is 5.73. The second kappa shape index (κ2) is 7.88. The smallest absolute Gasteiger partial charge is 0.163 e. The van der Waals surface area contributed by atoms with Crippen molar-refractivity contribution in [1.82, 2.24) is 19.9 Å². The van der Waals surface area contributed by atoms with E-state index >= 15 is 0 Å². The summed E-state index contributed by atoms with van der Waals surface area (Å²) in [5.74, 6) is 2.33. The van der Waals surface area contributed by atoms with Gasteiger partial charge in [0.1, 0.15) is 10.6 Å². The van der Waals surface area contributed by atoms with Crippen molar-refractivity contribution < 1.29 is 0 Å². The minimum Gasteiger partial charge on any atom is -0.368 e. The van der Waals surface area contributed by atoms with E-state index in [0.29, 0.717) is 19.0 Å². The lowest BCUT2D eigenvalue weighted by Crippen LogP contribution is -2.32. The summed E-state index contributed by atoms with van der Waals surface area (Å²) in [5.41, 5.74) is 8.12. The Morgan fingerprint density at radius 3 is 2.81 bits per heavy atom. The topological polar surface area (TPSA) is 80.0 Å². The molecule has 4 rings (SSSR count). The zero-order valence-electron chi connectivity index (χ0n) is 15.9. The molecule has 142 valence electrons. The fourth-order valence-corrected chi connectivity index (χ4v) is 4.93. The van der Waals surface area contributed by atoms with E-state index in [-0.39, 0.29) is 0 Å². The Morgan fingerprint density at radius 1 is 1.26 bits per heavy atom. The first-order valence-corrected chi connectivity index (χ1v) is 10.4. The average Bonchev–Trinajstić information content (AvgIpc) is 3.04. The Balaban J connectivity index is 1.78. The standard InChI is InChI=1S/C20H26N6S/c1-13(2)11-26-10-5-15-16(12-26)27-20-17(15)19(23-9-6-21)24-18(25-20)14-3-7-22-8-4-14/h3-4,7-8,13H,5-6,9-12,21H2,1-2H3,(H,23,24,25). The second-order valence-electron chi connectivity index (χ2n) is 7.41. The van der Waals surface area contributed by atoms with Gasteiger partial charge >= 0.3 is 0 Å². The Morgan fingerprint density at radius 2 is 2.07 bits per heavy atom. The van der Waals surface area contributed by atoms with E-state index in [2.05, 4.69) is 29.0 Å². The third kappa shape index (κ3) is 3.81. The van der Waals surface area contributed by atoms with E-state index in [1.165, 1.54) is 15.8 Å². The molecule has 0 radical (unpaired) electrons. The van der Waals surface area contributed by atoms with Crippen molar-refractivity contribution in [2.24, 2.45) is 11.7 Å². The molecule has 0 fully saturated rings. The summed E-state index contributed by atoms with van der Waals surface area (Å²) < 4.78 is 0. The zero-order valence-corrected chi connectivity index (χ0v) is 16.7. The van der Waals surface area contributed by atoms with Gasteiger partial charge in [-0.15, -0.1) is 11.3 Å². The molecule has 0 unspecified atom stereocenters. The van der Waals surface area contributed by atoms with Crippen molar-refractivity contribution in [3.8, 4) is 11.4 Å². The number of nitrogens with two attached hydrogens (primary N) is 1. The van der Waals surface area contributed by atoms with Gasteiger partial charge in [0.15, 0.2) is 5.82 Å². The zero-order chi connectivity index (χ0) is 18.8. The van der Waals surface area contributed by atoms with Crippen molar-refractivity contribution in [2.45, 2.75) is 26.8 Å². The fraction of sp³-hybridized carbons (Fsp3) is 0.450. The van der Waals surface area contributed by atoms with Gasteiger partial charge < -0.3 is 11.1 Å². The van der Waals surface area contributed by atoms with Gasteiger partial charge in [0, 0.05) is 55.6 Å². The average molecular weight is 383 g/mol. The number of rotatable bonds is 6. The molecule has 0 amide bonds. The van der Waals surface area contributed by atoms with Crippen LogP contribution in [-0.2, 0) is 13.0 Å². The maximum absolute atomic E-state index is 5.73. The summed E-state index contributed by atoms with van der Waals surface area (Å²) in [6.45, 7) is 9.08. The van der Waals surface area contributed by atoms with Crippen molar-refractivity contribution in [2.75, 3.05) is 31.5 Å². The van der Waals surface area contributed by atoms with Gasteiger partial charge in [-0.3, -0.25) is 9.88 Å². The summed E-state index contributed by atoms with van der Waals surface area (Å²) in [4.78, 5) is 18.9. The number of anilines is 1. The lowest BCUT2D eigenvalue weighted by Gasteiger charge is -2.28. The Bertz CT molecular complexity index is 921. The second-order valence-corrected chi connectivity index (χ2v) is 8.49. The molecule has 3 N–H and O–H groups in total. The molecular formula is C20H26N6S. The molecule has 27 heavy (non-hydrogen) atoms. The molecule has 0 saturated heterocycles. The highest BCUT2D eigenvalue weighted by Gasteiger charge is 2.25. The molecule has 0 aliphatic carbocycles. The van der Waals surface area contributed by atoms with Gasteiger partial charge in [-0.1, -0.05) is 13.8 Å². The van der Waals surface area contributed by atoms with Crippen LogP contribution in [0.1, 0.15) is 24.3 Å². The number of pyridine rings is 1. The minimum atomic E-state index is 0.574. The molecule has 0 spiro atoms. The molecule has 0 aromatic carbocycles. The first-order chi connectivity index (χ1) is 13.2. The first-order valence-electron chi connectivity index (χ1n) is 9.54. The third-order valence-electron chi connectivity index (χ3n) is 4.78. The van der Waals surface area contributed by atoms with Crippen LogP contribution >= 0.6 is 11.3 Å². The van der Waals surface area contributed by atoms with Gasteiger partial charge in [0.05, 0.1) is 5.39 Å². The molecule has 7 heteroatoms. The van der Waals surface area contributed by atoms with E-state index in [9.17, 15) is 0 Å². The van der Waals surface area contributed by atoms with E-state index in [1.54, 1.807) is 12.4 Å². The number of nitrogens with one attached hydrogen (secondary N) is 1. The van der Waals surface area contributed by atoms with E-state index in [4.69, 9.17) is 15.7 Å². The van der Waals surface area contributed by atoms with E-state index in [0.717, 1.165) is 48.1 Å². The number of nitrogens with zero attached hydrogens (tertiary/aromatic N) is 4. The molecule has 0 saturated carbocycles. The Hall–Kier alpha value is -2.09. The summed E-state index contributed by atoms with van der Waals surface area (Å²) in [7, 11) is 0. The Labute approximate surface area is 163 Å². The molecule has 0 atom stereocenters. The molecule has 1 aliphatic rings. The summed E-state index contributed by atoms with van der Waals surface area (Å²) in [6.07, 6.45) is 4.61. The van der Waals surface area contributed by atoms with Crippen LogP contribution in [0.3, 0.4) is 0 Å². The van der Waals surface area contributed by atoms with Crippen molar-refractivity contribution in [3.63, 3.8) is 0 Å². The monoisotopic (exact) mass is 382 g/mol. The number of aromatic nitrogens is 3. The van der Waals surface area contributed by atoms with Crippen LogP contribution in [0.2, 0.25) is 0 Å². The fourth-order valence-electron chi connectivity index (χ4n) is 3.67. The lowest BCUT2D eigenvalue weighted by molar-refractivity contribution is 0.230. The first kappa shape index (κ1) is 18.3. The maximum Gasteiger partial charge on any atom is 0.163 e. The van der Waals surface area contributed by atoms with Crippen LogP contribution in [0.25, 0.3) is 21.6 Å². The highest BCUT2D eigenvalue weighted by molar-refractivity contribution is 7.19. The summed E-state index contributed by atoms with van der Waals surface area (Å²) in [6, 6.07) is 3.90. The molecule has 0 bridgehead atoms. The predicted molar refractivity (Wildman–Crippen MR) is 112 cm³/mol. The number of hydrogen-bond acceptors (Lipinski definition) is 7. The number of fused-ring (bicyclic) bond motifs is 3. The van der Waals surface area contributed by atoms with Crippen LogP contribution < -0.4 is 11.1 Å².